The topological polar surface area (TPSA) is 61.9 Å². The molecule has 0 bridgehead atoms. The van der Waals surface area contributed by atoms with Crippen molar-refractivity contribution in [3.05, 3.63) is 156 Å². The average molecular weight is 581 g/mol. The lowest BCUT2D eigenvalue weighted by Gasteiger charge is -2.25. The summed E-state index contributed by atoms with van der Waals surface area (Å²) >= 11 is 0. The van der Waals surface area contributed by atoms with Crippen molar-refractivity contribution in [2.75, 3.05) is 11.9 Å². The lowest BCUT2D eigenvalue weighted by molar-refractivity contribution is 0.628. The minimum absolute atomic E-state index is 0.391. The third-order valence-electron chi connectivity index (χ3n) is 8.72. The number of aliphatic imine (C=N–C) groups is 2. The van der Waals surface area contributed by atoms with Gasteiger partial charge in [-0.2, -0.15) is 0 Å². The van der Waals surface area contributed by atoms with Crippen molar-refractivity contribution in [1.82, 2.24) is 5.32 Å². The van der Waals surface area contributed by atoms with Gasteiger partial charge in [-0.3, -0.25) is 0 Å². The highest BCUT2D eigenvalue weighted by atomic mass is 16.3. The van der Waals surface area contributed by atoms with Crippen molar-refractivity contribution < 1.29 is 4.42 Å². The van der Waals surface area contributed by atoms with Crippen molar-refractivity contribution in [2.45, 2.75) is 6.17 Å². The van der Waals surface area contributed by atoms with E-state index in [2.05, 4.69) is 132 Å². The second-order valence-corrected chi connectivity index (χ2v) is 11.5. The molecular formula is C40H28N4O. The SMILES string of the molecule is C1=C(C2=NC(c3ccc4ccccc4c3)N=C(c3ccccc3)N2)c2c(oc3cc(-c4ccc5ccccc5c4)ccc23)NC1. The molecule has 1 atom stereocenters. The van der Waals surface area contributed by atoms with E-state index in [4.69, 9.17) is 14.4 Å². The lowest BCUT2D eigenvalue weighted by Crippen LogP contribution is -2.36. The van der Waals surface area contributed by atoms with Crippen molar-refractivity contribution in [3.8, 4) is 11.1 Å². The zero-order chi connectivity index (χ0) is 29.7. The first-order valence-corrected chi connectivity index (χ1v) is 15.2. The lowest BCUT2D eigenvalue weighted by atomic mass is 9.96. The van der Waals surface area contributed by atoms with E-state index in [-0.39, 0.29) is 0 Å². The summed E-state index contributed by atoms with van der Waals surface area (Å²) in [5, 5.41) is 12.9. The van der Waals surface area contributed by atoms with Crippen LogP contribution in [0.4, 0.5) is 5.88 Å². The Bertz CT molecular complexity index is 2360. The van der Waals surface area contributed by atoms with Gasteiger partial charge in [0.1, 0.15) is 17.3 Å². The summed E-state index contributed by atoms with van der Waals surface area (Å²) in [7, 11) is 0. The van der Waals surface area contributed by atoms with Crippen LogP contribution in [-0.4, -0.2) is 18.2 Å². The molecule has 0 saturated heterocycles. The molecule has 45 heavy (non-hydrogen) atoms. The third kappa shape index (κ3) is 4.48. The smallest absolute Gasteiger partial charge is 0.202 e. The van der Waals surface area contributed by atoms with Gasteiger partial charge in [-0.25, -0.2) is 9.98 Å². The zero-order valence-corrected chi connectivity index (χ0v) is 24.4. The summed E-state index contributed by atoms with van der Waals surface area (Å²) in [5.41, 5.74) is 7.21. The fourth-order valence-electron chi connectivity index (χ4n) is 6.45. The van der Waals surface area contributed by atoms with E-state index in [1.807, 2.05) is 18.2 Å². The van der Waals surface area contributed by atoms with Crippen LogP contribution in [-0.2, 0) is 0 Å². The predicted molar refractivity (Wildman–Crippen MR) is 186 cm³/mol. The molecule has 5 nitrogen and oxygen atoms in total. The second kappa shape index (κ2) is 10.4. The molecule has 2 aliphatic rings. The number of nitrogens with one attached hydrogen (secondary N) is 2. The Morgan fingerprint density at radius 1 is 0.578 bits per heavy atom. The Labute approximate surface area is 260 Å². The minimum Gasteiger partial charge on any atom is -0.440 e. The van der Waals surface area contributed by atoms with Gasteiger partial charge in [-0.1, -0.05) is 115 Å². The van der Waals surface area contributed by atoms with Gasteiger partial charge in [0.15, 0.2) is 6.17 Å². The Kier molecular flexibility index (Phi) is 5.88. The van der Waals surface area contributed by atoms with Gasteiger partial charge < -0.3 is 15.1 Å². The van der Waals surface area contributed by atoms with Gasteiger partial charge in [0.25, 0.3) is 0 Å². The average Bonchev–Trinajstić information content (AvgIpc) is 3.49. The summed E-state index contributed by atoms with van der Waals surface area (Å²) in [6.45, 7) is 0.638. The van der Waals surface area contributed by atoms with E-state index < -0.39 is 6.17 Å². The van der Waals surface area contributed by atoms with Crippen molar-refractivity contribution in [3.63, 3.8) is 0 Å². The molecule has 5 heteroatoms. The summed E-state index contributed by atoms with van der Waals surface area (Å²) < 4.78 is 6.47. The Balaban J connectivity index is 1.14. The monoisotopic (exact) mass is 580 g/mol. The van der Waals surface area contributed by atoms with E-state index >= 15 is 0 Å². The molecule has 0 saturated carbocycles. The normalized spacial score (nSPS) is 16.0. The molecular weight excluding hydrogens is 552 g/mol. The van der Waals surface area contributed by atoms with E-state index in [1.165, 1.54) is 21.5 Å². The molecule has 0 aliphatic carbocycles. The second-order valence-electron chi connectivity index (χ2n) is 11.5. The number of nitrogens with zero attached hydrogens (tertiary/aromatic N) is 2. The maximum atomic E-state index is 6.47. The predicted octanol–water partition coefficient (Wildman–Crippen LogP) is 9.36. The summed E-state index contributed by atoms with van der Waals surface area (Å²) in [4.78, 5) is 10.3. The first kappa shape index (κ1) is 25.5. The quantitative estimate of drug-likeness (QED) is 0.218. The molecule has 1 aromatic heterocycles. The maximum Gasteiger partial charge on any atom is 0.202 e. The van der Waals surface area contributed by atoms with E-state index in [0.717, 1.165) is 61.9 Å². The van der Waals surface area contributed by atoms with Crippen LogP contribution in [0, 0.1) is 0 Å². The van der Waals surface area contributed by atoms with Crippen LogP contribution in [0.3, 0.4) is 0 Å². The molecule has 0 fully saturated rings. The maximum absolute atomic E-state index is 6.47. The molecule has 2 aliphatic heterocycles. The summed E-state index contributed by atoms with van der Waals surface area (Å²) in [5.74, 6) is 2.34. The van der Waals surface area contributed by atoms with Crippen LogP contribution >= 0.6 is 0 Å². The molecule has 1 unspecified atom stereocenters. The first-order valence-electron chi connectivity index (χ1n) is 15.2. The van der Waals surface area contributed by atoms with E-state index in [0.29, 0.717) is 6.54 Å². The number of fused-ring (bicyclic) bond motifs is 5. The molecule has 2 N–H and O–H groups in total. The van der Waals surface area contributed by atoms with Gasteiger partial charge in [0.2, 0.25) is 5.88 Å². The van der Waals surface area contributed by atoms with E-state index in [9.17, 15) is 0 Å². The molecule has 7 aromatic rings. The van der Waals surface area contributed by atoms with Crippen LogP contribution in [0.15, 0.2) is 154 Å². The Morgan fingerprint density at radius 3 is 2.07 bits per heavy atom. The van der Waals surface area contributed by atoms with Gasteiger partial charge >= 0.3 is 0 Å². The van der Waals surface area contributed by atoms with Crippen molar-refractivity contribution in [1.29, 1.82) is 0 Å². The number of benzene rings is 6. The molecule has 0 radical (unpaired) electrons. The molecule has 0 spiro atoms. The first-order chi connectivity index (χ1) is 22.3. The molecule has 214 valence electrons. The number of amidine groups is 2. The van der Waals surface area contributed by atoms with Crippen LogP contribution in [0.2, 0.25) is 0 Å². The third-order valence-corrected chi connectivity index (χ3v) is 8.72. The molecule has 0 amide bonds. The summed E-state index contributed by atoms with van der Waals surface area (Å²) in [6, 6.07) is 46.7. The molecule has 3 heterocycles. The van der Waals surface area contributed by atoms with Crippen LogP contribution in [0.5, 0.6) is 0 Å². The van der Waals surface area contributed by atoms with Crippen LogP contribution in [0.1, 0.15) is 22.9 Å². The van der Waals surface area contributed by atoms with Crippen LogP contribution < -0.4 is 10.6 Å². The van der Waals surface area contributed by atoms with Gasteiger partial charge in [-0.05, 0) is 62.5 Å². The number of hydrogen-bond donors (Lipinski definition) is 2. The Morgan fingerprint density at radius 2 is 1.24 bits per heavy atom. The van der Waals surface area contributed by atoms with Gasteiger partial charge in [0.05, 0.1) is 5.56 Å². The van der Waals surface area contributed by atoms with Gasteiger partial charge in [0, 0.05) is 23.1 Å². The number of hydrogen-bond acceptors (Lipinski definition) is 5. The van der Waals surface area contributed by atoms with Gasteiger partial charge in [-0.15, -0.1) is 0 Å². The fourth-order valence-corrected chi connectivity index (χ4v) is 6.45. The van der Waals surface area contributed by atoms with Crippen molar-refractivity contribution in [2.24, 2.45) is 9.98 Å². The van der Waals surface area contributed by atoms with Crippen LogP contribution in [0.25, 0.3) is 49.2 Å². The summed E-state index contributed by atoms with van der Waals surface area (Å²) in [6.07, 6.45) is 1.80. The molecule has 9 rings (SSSR count). The Hall–Kier alpha value is -5.94. The number of furan rings is 1. The zero-order valence-electron chi connectivity index (χ0n) is 24.4. The van der Waals surface area contributed by atoms with Crippen molar-refractivity contribution >= 4 is 55.6 Å². The molecule has 6 aromatic carbocycles. The number of anilines is 1. The highest BCUT2D eigenvalue weighted by Crippen LogP contribution is 2.41. The fraction of sp³-hybridized carbons (Fsp3) is 0.0500. The standard InChI is InChI=1S/C40H28N4O/c1-2-10-27(11-3-1)37-42-38(32-17-15-26-9-5-7-13-29(26)23-32)44-39(43-37)34-20-21-41-40-36(34)33-19-18-31(24-35(33)45-40)30-16-14-25-8-4-6-12-28(25)22-30/h1-20,22-24,38,41H,21H2,(H,42,43,44). The highest BCUT2D eigenvalue weighted by Gasteiger charge is 2.28. The number of rotatable bonds is 4. The van der Waals surface area contributed by atoms with E-state index in [1.54, 1.807) is 0 Å². The largest absolute Gasteiger partial charge is 0.440 e. The minimum atomic E-state index is -0.391. The highest BCUT2D eigenvalue weighted by molar-refractivity contribution is 6.32.